The van der Waals surface area contributed by atoms with Crippen LogP contribution in [0.3, 0.4) is 0 Å². The van der Waals surface area contributed by atoms with Crippen molar-refractivity contribution in [3.05, 3.63) is 135 Å². The Kier molecular flexibility index (Phi) is 13.7. The van der Waals surface area contributed by atoms with Crippen molar-refractivity contribution < 1.29 is 31.7 Å². The molecule has 0 atom stereocenters. The average molecular weight is 889 g/mol. The molecule has 1 amide bonds. The number of piperidine rings is 1. The van der Waals surface area contributed by atoms with Gasteiger partial charge in [-0.3, -0.25) is 24.7 Å². The van der Waals surface area contributed by atoms with Gasteiger partial charge in [0.1, 0.15) is 11.4 Å². The van der Waals surface area contributed by atoms with E-state index in [0.29, 0.717) is 23.8 Å². The Morgan fingerprint density at radius 2 is 1.69 bits per heavy atom. The summed E-state index contributed by atoms with van der Waals surface area (Å²) in [6.07, 6.45) is 6.34. The second-order valence-electron chi connectivity index (χ2n) is 16.9. The van der Waals surface area contributed by atoms with Gasteiger partial charge in [0, 0.05) is 81.2 Å². The van der Waals surface area contributed by atoms with Crippen LogP contribution in [0.2, 0.25) is 5.02 Å². The fourth-order valence-corrected chi connectivity index (χ4v) is 9.52. The van der Waals surface area contributed by atoms with Crippen LogP contribution in [0.1, 0.15) is 61.9 Å². The summed E-state index contributed by atoms with van der Waals surface area (Å²) in [5.41, 5.74) is 4.19. The number of anilines is 2. The van der Waals surface area contributed by atoms with Crippen molar-refractivity contribution in [2.75, 3.05) is 62.6 Å². The molecule has 3 aliphatic rings. The Labute approximate surface area is 366 Å². The Hall–Kier alpha value is -5.35. The predicted octanol–water partition coefficient (Wildman–Crippen LogP) is 9.29. The molecular formula is C46H51ClF2N6O6S. The number of benzene rings is 4. The highest BCUT2D eigenvalue weighted by Crippen LogP contribution is 2.43. The summed E-state index contributed by atoms with van der Waals surface area (Å²) in [6, 6.07) is 19.2. The number of nitro groups is 1. The molecule has 2 fully saturated rings. The second-order valence-corrected chi connectivity index (χ2v) is 19.0. The van der Waals surface area contributed by atoms with E-state index >= 15 is 0 Å². The van der Waals surface area contributed by atoms with Crippen LogP contribution in [0.25, 0.3) is 5.57 Å². The van der Waals surface area contributed by atoms with Gasteiger partial charge in [-0.05, 0) is 97.2 Å². The zero-order valence-electron chi connectivity index (χ0n) is 34.8. The molecule has 62 heavy (non-hydrogen) atoms. The van der Waals surface area contributed by atoms with Crippen molar-refractivity contribution in [1.29, 1.82) is 0 Å². The molecule has 2 heterocycles. The third-order valence-electron chi connectivity index (χ3n) is 11.9. The van der Waals surface area contributed by atoms with Crippen LogP contribution in [0.5, 0.6) is 11.5 Å². The normalized spacial score (nSPS) is 17.7. The number of sulfonamides is 1. The molecule has 1 aliphatic carbocycles. The van der Waals surface area contributed by atoms with Crippen molar-refractivity contribution in [2.24, 2.45) is 5.41 Å². The molecule has 2 N–H and O–H groups in total. The summed E-state index contributed by atoms with van der Waals surface area (Å²) in [7, 11) is -4.67. The molecule has 16 heteroatoms. The molecule has 2 aliphatic heterocycles. The number of hydrogen-bond donors (Lipinski definition) is 2. The van der Waals surface area contributed by atoms with Crippen molar-refractivity contribution in [2.45, 2.75) is 56.9 Å². The molecular weight excluding hydrogens is 838 g/mol. The van der Waals surface area contributed by atoms with Crippen LogP contribution < -0.4 is 19.7 Å². The van der Waals surface area contributed by atoms with E-state index < -0.39 is 48.8 Å². The molecule has 0 bridgehead atoms. The molecule has 0 unspecified atom stereocenters. The van der Waals surface area contributed by atoms with E-state index in [0.717, 1.165) is 83.5 Å². The number of nitrogens with one attached hydrogen (secondary N) is 2. The molecule has 328 valence electrons. The van der Waals surface area contributed by atoms with Gasteiger partial charge in [0.2, 0.25) is 5.82 Å². The van der Waals surface area contributed by atoms with Crippen LogP contribution in [0.15, 0.2) is 102 Å². The van der Waals surface area contributed by atoms with Crippen molar-refractivity contribution in [1.82, 2.24) is 14.5 Å². The first-order chi connectivity index (χ1) is 29.6. The third kappa shape index (κ3) is 10.6. The molecule has 0 aromatic heterocycles. The van der Waals surface area contributed by atoms with Gasteiger partial charge < -0.3 is 15.0 Å². The molecule has 0 radical (unpaired) electrons. The third-order valence-corrected chi connectivity index (χ3v) is 13.5. The Morgan fingerprint density at radius 1 is 0.968 bits per heavy atom. The first kappa shape index (κ1) is 44.7. The summed E-state index contributed by atoms with van der Waals surface area (Å²) >= 11 is 6.21. The lowest BCUT2D eigenvalue weighted by Gasteiger charge is -2.39. The molecule has 0 saturated carbocycles. The maximum atomic E-state index is 14.9. The van der Waals surface area contributed by atoms with Crippen molar-refractivity contribution >= 4 is 50.2 Å². The highest BCUT2D eigenvalue weighted by atomic mass is 35.5. The lowest BCUT2D eigenvalue weighted by atomic mass is 9.72. The average Bonchev–Trinajstić information content (AvgIpc) is 3.24. The molecule has 4 aromatic carbocycles. The SMILES string of the molecule is C=CCN1CCC(Nc2ccc(S(=O)(=O)NC(=O)c3ccc(N4CCN(CC5=C(c6ccc(Cl)cc6)CC(C)(C)CC5)CC4)cc3Oc3cccc(F)c3F)cc2[N+](=O)[O-])CC1. The largest absolute Gasteiger partial charge is 0.453 e. The van der Waals surface area contributed by atoms with E-state index in [1.165, 1.54) is 53.1 Å². The zero-order chi connectivity index (χ0) is 44.2. The van der Waals surface area contributed by atoms with Crippen LogP contribution in [0, 0.1) is 27.2 Å². The summed E-state index contributed by atoms with van der Waals surface area (Å²) in [4.78, 5) is 31.5. The summed E-state index contributed by atoms with van der Waals surface area (Å²) in [5.74, 6) is -4.31. The number of hydrogen-bond acceptors (Lipinski definition) is 10. The number of piperazine rings is 1. The van der Waals surface area contributed by atoms with E-state index in [1.807, 2.05) is 22.9 Å². The number of carbonyl (C=O) groups excluding carboxylic acids is 1. The fourth-order valence-electron chi connectivity index (χ4n) is 8.41. The maximum absolute atomic E-state index is 14.9. The lowest BCUT2D eigenvalue weighted by Crippen LogP contribution is -2.47. The van der Waals surface area contributed by atoms with Crippen LogP contribution in [0.4, 0.5) is 25.8 Å². The number of amides is 1. The molecule has 2 saturated heterocycles. The topological polar surface area (TPSA) is 137 Å². The van der Waals surface area contributed by atoms with Crippen molar-refractivity contribution in [3.8, 4) is 11.5 Å². The number of rotatable bonds is 14. The number of nitro benzene ring substituents is 1. The van der Waals surface area contributed by atoms with Gasteiger partial charge in [0.25, 0.3) is 21.6 Å². The fraction of sp³-hybridized carbons (Fsp3) is 0.370. The minimum absolute atomic E-state index is 0.0638. The molecule has 4 aromatic rings. The number of ether oxygens (including phenoxy) is 1. The maximum Gasteiger partial charge on any atom is 0.293 e. The highest BCUT2D eigenvalue weighted by molar-refractivity contribution is 7.90. The van der Waals surface area contributed by atoms with Gasteiger partial charge in [-0.15, -0.1) is 6.58 Å². The van der Waals surface area contributed by atoms with Crippen LogP contribution in [-0.4, -0.2) is 87.4 Å². The lowest BCUT2D eigenvalue weighted by molar-refractivity contribution is -0.384. The van der Waals surface area contributed by atoms with E-state index in [9.17, 15) is 32.1 Å². The van der Waals surface area contributed by atoms with Gasteiger partial charge in [-0.2, -0.15) is 4.39 Å². The van der Waals surface area contributed by atoms with E-state index in [4.69, 9.17) is 16.3 Å². The molecule has 7 rings (SSSR count). The van der Waals surface area contributed by atoms with Gasteiger partial charge in [0.05, 0.1) is 15.4 Å². The first-order valence-electron chi connectivity index (χ1n) is 20.7. The van der Waals surface area contributed by atoms with E-state index in [-0.39, 0.29) is 28.5 Å². The summed E-state index contributed by atoms with van der Waals surface area (Å²) in [6.45, 7) is 14.2. The predicted molar refractivity (Wildman–Crippen MR) is 239 cm³/mol. The number of allylic oxidation sites excluding steroid dienone is 1. The van der Waals surface area contributed by atoms with E-state index in [1.54, 1.807) is 6.07 Å². The zero-order valence-corrected chi connectivity index (χ0v) is 36.4. The van der Waals surface area contributed by atoms with Crippen LogP contribution in [-0.2, 0) is 10.0 Å². The highest BCUT2D eigenvalue weighted by Gasteiger charge is 2.31. The minimum Gasteiger partial charge on any atom is -0.453 e. The summed E-state index contributed by atoms with van der Waals surface area (Å²) < 4.78 is 64.3. The van der Waals surface area contributed by atoms with Crippen molar-refractivity contribution in [3.63, 3.8) is 0 Å². The second kappa shape index (κ2) is 19.0. The number of nitrogens with zero attached hydrogens (tertiary/aromatic N) is 4. The standard InChI is InChI=1S/C46H51ClF2N6O6S/c1-4-20-52-21-17-34(18-22-52)50-40-15-13-36(28-41(40)55(57)58)62(59,60)51-45(56)37-14-12-35(27-43(37)61-42-7-5-6-39(48)44(42)49)54-25-23-53(24-26-54)30-32-16-19-46(2,3)29-38(32)31-8-10-33(47)11-9-31/h4-15,27-28,34,50H,1,16-26,29-30H2,2-3H3,(H,51,56). The number of halogens is 3. The number of likely N-dealkylation sites (tertiary alicyclic amines) is 1. The Bertz CT molecular complexity index is 2470. The monoisotopic (exact) mass is 888 g/mol. The Balaban J connectivity index is 1.08. The van der Waals surface area contributed by atoms with E-state index in [2.05, 4.69) is 52.6 Å². The van der Waals surface area contributed by atoms with Gasteiger partial charge >= 0.3 is 0 Å². The quantitative estimate of drug-likeness (QED) is 0.0716. The minimum atomic E-state index is -4.67. The smallest absolute Gasteiger partial charge is 0.293 e. The van der Waals surface area contributed by atoms with Crippen LogP contribution >= 0.6 is 11.6 Å². The number of carbonyl (C=O) groups is 1. The molecule has 12 nitrogen and oxygen atoms in total. The van der Waals surface area contributed by atoms with Gasteiger partial charge in [-0.25, -0.2) is 17.5 Å². The Morgan fingerprint density at radius 3 is 2.39 bits per heavy atom. The van der Waals surface area contributed by atoms with Gasteiger partial charge in [-0.1, -0.05) is 55.3 Å². The molecule has 0 spiro atoms. The van der Waals surface area contributed by atoms with Gasteiger partial charge in [0.15, 0.2) is 11.6 Å². The first-order valence-corrected chi connectivity index (χ1v) is 22.6. The summed E-state index contributed by atoms with van der Waals surface area (Å²) in [5, 5.41) is 16.0.